The highest BCUT2D eigenvalue weighted by Crippen LogP contribution is 2.20. The zero-order valence-corrected chi connectivity index (χ0v) is 9.12. The van der Waals surface area contributed by atoms with Gasteiger partial charge in [0.15, 0.2) is 0 Å². The standard InChI is InChI=1S/C11H20O3/c1-9(3-6-13-2)11(12)10-4-7-14-8-5-10/h9-10H,3-8H2,1-2H3. The summed E-state index contributed by atoms with van der Waals surface area (Å²) in [7, 11) is 1.67. The van der Waals surface area contributed by atoms with Crippen LogP contribution in [0.25, 0.3) is 0 Å². The van der Waals surface area contributed by atoms with Crippen LogP contribution in [0, 0.1) is 11.8 Å². The lowest BCUT2D eigenvalue weighted by Crippen LogP contribution is -2.28. The summed E-state index contributed by atoms with van der Waals surface area (Å²) in [5.74, 6) is 0.763. The first-order valence-electron chi connectivity index (χ1n) is 5.36. The van der Waals surface area contributed by atoms with E-state index in [2.05, 4.69) is 0 Å². The molecule has 0 amide bonds. The number of Topliss-reactive ketones (excluding diaryl/α,β-unsaturated/α-hetero) is 1. The molecule has 1 aliphatic rings. The van der Waals surface area contributed by atoms with Gasteiger partial charge in [-0.2, -0.15) is 0 Å². The van der Waals surface area contributed by atoms with Gasteiger partial charge in [0, 0.05) is 38.8 Å². The van der Waals surface area contributed by atoms with E-state index in [1.807, 2.05) is 6.92 Å². The van der Waals surface area contributed by atoms with E-state index >= 15 is 0 Å². The summed E-state index contributed by atoms with van der Waals surface area (Å²) in [6.07, 6.45) is 2.64. The van der Waals surface area contributed by atoms with Crippen LogP contribution in [0.2, 0.25) is 0 Å². The predicted octanol–water partition coefficient (Wildman–Crippen LogP) is 1.65. The first kappa shape index (κ1) is 11.7. The van der Waals surface area contributed by atoms with E-state index in [9.17, 15) is 4.79 Å². The molecular formula is C11H20O3. The van der Waals surface area contributed by atoms with Gasteiger partial charge < -0.3 is 9.47 Å². The van der Waals surface area contributed by atoms with Crippen molar-refractivity contribution in [3.63, 3.8) is 0 Å². The van der Waals surface area contributed by atoms with Crippen LogP contribution >= 0.6 is 0 Å². The lowest BCUT2D eigenvalue weighted by atomic mass is 9.87. The van der Waals surface area contributed by atoms with Crippen LogP contribution < -0.4 is 0 Å². The molecular weight excluding hydrogens is 180 g/mol. The molecule has 0 aromatic rings. The Kier molecular flexibility index (Phi) is 5.12. The van der Waals surface area contributed by atoms with Gasteiger partial charge in [-0.15, -0.1) is 0 Å². The molecule has 3 nitrogen and oxygen atoms in total. The second-order valence-electron chi connectivity index (χ2n) is 3.97. The maximum Gasteiger partial charge on any atom is 0.139 e. The zero-order chi connectivity index (χ0) is 10.4. The summed E-state index contributed by atoms with van der Waals surface area (Å²) in [5.41, 5.74) is 0. The molecule has 1 heterocycles. The molecule has 1 saturated heterocycles. The lowest BCUT2D eigenvalue weighted by molar-refractivity contribution is -0.129. The van der Waals surface area contributed by atoms with Crippen molar-refractivity contribution in [1.82, 2.24) is 0 Å². The van der Waals surface area contributed by atoms with Gasteiger partial charge in [0.25, 0.3) is 0 Å². The first-order valence-corrected chi connectivity index (χ1v) is 5.36. The summed E-state index contributed by atoms with van der Waals surface area (Å²) in [6, 6.07) is 0. The minimum absolute atomic E-state index is 0.137. The lowest BCUT2D eigenvalue weighted by Gasteiger charge is -2.23. The van der Waals surface area contributed by atoms with Crippen molar-refractivity contribution in [3.05, 3.63) is 0 Å². The third-order valence-electron chi connectivity index (χ3n) is 2.86. The molecule has 82 valence electrons. The van der Waals surface area contributed by atoms with Crippen molar-refractivity contribution in [2.24, 2.45) is 11.8 Å². The summed E-state index contributed by atoms with van der Waals surface area (Å²) >= 11 is 0. The molecule has 14 heavy (non-hydrogen) atoms. The van der Waals surface area contributed by atoms with E-state index in [-0.39, 0.29) is 11.8 Å². The Balaban J connectivity index is 2.30. The molecule has 1 fully saturated rings. The van der Waals surface area contributed by atoms with Crippen LogP contribution in [-0.2, 0) is 14.3 Å². The van der Waals surface area contributed by atoms with Crippen molar-refractivity contribution in [3.8, 4) is 0 Å². The van der Waals surface area contributed by atoms with E-state index in [0.717, 1.165) is 32.5 Å². The van der Waals surface area contributed by atoms with Gasteiger partial charge >= 0.3 is 0 Å². The third kappa shape index (κ3) is 3.39. The Hall–Kier alpha value is -0.410. The number of rotatable bonds is 5. The van der Waals surface area contributed by atoms with E-state index in [0.29, 0.717) is 12.4 Å². The topological polar surface area (TPSA) is 35.5 Å². The van der Waals surface area contributed by atoms with Gasteiger partial charge in [0.05, 0.1) is 0 Å². The van der Waals surface area contributed by atoms with Crippen LogP contribution in [0.4, 0.5) is 0 Å². The molecule has 0 aliphatic carbocycles. The van der Waals surface area contributed by atoms with Crippen LogP contribution in [0.5, 0.6) is 0 Å². The fourth-order valence-corrected chi connectivity index (χ4v) is 1.82. The monoisotopic (exact) mass is 200 g/mol. The van der Waals surface area contributed by atoms with Crippen molar-refractivity contribution < 1.29 is 14.3 Å². The Labute approximate surface area is 85.8 Å². The second kappa shape index (κ2) is 6.14. The number of hydrogen-bond donors (Lipinski definition) is 0. The highest BCUT2D eigenvalue weighted by molar-refractivity contribution is 5.83. The van der Waals surface area contributed by atoms with Crippen LogP contribution in [-0.4, -0.2) is 32.7 Å². The minimum Gasteiger partial charge on any atom is -0.385 e. The molecule has 1 unspecified atom stereocenters. The molecule has 0 radical (unpaired) electrons. The Morgan fingerprint density at radius 1 is 1.50 bits per heavy atom. The number of ketones is 1. The molecule has 0 N–H and O–H groups in total. The van der Waals surface area contributed by atoms with Crippen molar-refractivity contribution in [2.75, 3.05) is 26.9 Å². The predicted molar refractivity (Wildman–Crippen MR) is 54.2 cm³/mol. The summed E-state index contributed by atoms with van der Waals surface area (Å²) in [5, 5.41) is 0. The molecule has 1 rings (SSSR count). The van der Waals surface area contributed by atoms with Crippen LogP contribution in [0.1, 0.15) is 26.2 Å². The third-order valence-corrected chi connectivity index (χ3v) is 2.86. The Morgan fingerprint density at radius 2 is 2.14 bits per heavy atom. The number of carbonyl (C=O) groups is 1. The molecule has 0 saturated carbocycles. The van der Waals surface area contributed by atoms with Gasteiger partial charge in [0.2, 0.25) is 0 Å². The second-order valence-corrected chi connectivity index (χ2v) is 3.97. The SMILES string of the molecule is COCCC(C)C(=O)C1CCOCC1. The van der Waals surface area contributed by atoms with E-state index < -0.39 is 0 Å². The van der Waals surface area contributed by atoms with E-state index in [4.69, 9.17) is 9.47 Å². The fraction of sp³-hybridized carbons (Fsp3) is 0.909. The van der Waals surface area contributed by atoms with Crippen LogP contribution in [0.15, 0.2) is 0 Å². The maximum atomic E-state index is 11.9. The Bertz CT molecular complexity index is 173. The quantitative estimate of drug-likeness (QED) is 0.677. The number of hydrogen-bond acceptors (Lipinski definition) is 3. The number of methoxy groups -OCH3 is 1. The van der Waals surface area contributed by atoms with Gasteiger partial charge in [0.1, 0.15) is 5.78 Å². The van der Waals surface area contributed by atoms with Gasteiger partial charge in [-0.3, -0.25) is 4.79 Å². The molecule has 0 bridgehead atoms. The average Bonchev–Trinajstić information content (AvgIpc) is 2.26. The summed E-state index contributed by atoms with van der Waals surface area (Å²) < 4.78 is 10.2. The summed E-state index contributed by atoms with van der Waals surface area (Å²) in [4.78, 5) is 11.9. The van der Waals surface area contributed by atoms with Gasteiger partial charge in [-0.05, 0) is 19.3 Å². The molecule has 1 aliphatic heterocycles. The van der Waals surface area contributed by atoms with Crippen molar-refractivity contribution in [1.29, 1.82) is 0 Å². The van der Waals surface area contributed by atoms with Crippen molar-refractivity contribution in [2.45, 2.75) is 26.2 Å². The molecule has 0 aromatic carbocycles. The van der Waals surface area contributed by atoms with Gasteiger partial charge in [-0.1, -0.05) is 6.92 Å². The smallest absolute Gasteiger partial charge is 0.139 e. The summed E-state index contributed by atoms with van der Waals surface area (Å²) in [6.45, 7) is 4.16. The minimum atomic E-state index is 0.137. The molecule has 3 heteroatoms. The highest BCUT2D eigenvalue weighted by Gasteiger charge is 2.25. The molecule has 1 atom stereocenters. The number of carbonyl (C=O) groups excluding carboxylic acids is 1. The zero-order valence-electron chi connectivity index (χ0n) is 9.12. The van der Waals surface area contributed by atoms with Crippen LogP contribution in [0.3, 0.4) is 0 Å². The average molecular weight is 200 g/mol. The maximum absolute atomic E-state index is 11.9. The van der Waals surface area contributed by atoms with E-state index in [1.165, 1.54) is 0 Å². The largest absolute Gasteiger partial charge is 0.385 e. The molecule has 0 aromatic heterocycles. The van der Waals surface area contributed by atoms with Crippen molar-refractivity contribution >= 4 is 5.78 Å². The highest BCUT2D eigenvalue weighted by atomic mass is 16.5. The first-order chi connectivity index (χ1) is 6.75. The number of ether oxygens (including phenoxy) is 2. The Morgan fingerprint density at radius 3 is 2.71 bits per heavy atom. The normalized spacial score (nSPS) is 20.7. The fourth-order valence-electron chi connectivity index (χ4n) is 1.82. The molecule has 0 spiro atoms. The van der Waals surface area contributed by atoms with Gasteiger partial charge in [-0.25, -0.2) is 0 Å². The van der Waals surface area contributed by atoms with E-state index in [1.54, 1.807) is 7.11 Å².